The molecule has 1 aromatic carbocycles. The van der Waals surface area contributed by atoms with Gasteiger partial charge in [-0.15, -0.1) is 0 Å². The van der Waals surface area contributed by atoms with Gasteiger partial charge >= 0.3 is 0 Å². The average molecular weight is 387 g/mol. The Labute approximate surface area is 155 Å². The zero-order valence-electron chi connectivity index (χ0n) is 15.2. The number of halogens is 1. The maximum atomic E-state index is 12.6. The summed E-state index contributed by atoms with van der Waals surface area (Å²) in [6.45, 7) is 7.38. The van der Waals surface area contributed by atoms with Crippen LogP contribution in [0, 0.1) is 5.92 Å². The van der Waals surface area contributed by atoms with Gasteiger partial charge in [-0.25, -0.2) is 13.1 Å². The molecule has 1 aromatic rings. The molecule has 2 N–H and O–H groups in total. The topological polar surface area (TPSA) is 75.3 Å². The second-order valence-corrected chi connectivity index (χ2v) is 9.90. The van der Waals surface area contributed by atoms with Gasteiger partial charge < -0.3 is 5.32 Å². The number of hydrogen-bond acceptors (Lipinski definition) is 3. The summed E-state index contributed by atoms with van der Waals surface area (Å²) < 4.78 is 27.7. The number of carbonyl (C=O) groups is 1. The third kappa shape index (κ3) is 5.43. The number of amides is 1. The lowest BCUT2D eigenvalue weighted by molar-refractivity contribution is 0.0910. The fourth-order valence-corrected chi connectivity index (χ4v) is 5.04. The van der Waals surface area contributed by atoms with Crippen molar-refractivity contribution in [3.8, 4) is 0 Å². The molecule has 1 aliphatic carbocycles. The molecule has 1 fully saturated rings. The number of hydrogen-bond donors (Lipinski definition) is 2. The Morgan fingerprint density at radius 1 is 1.20 bits per heavy atom. The third-order valence-corrected chi connectivity index (χ3v) is 6.59. The number of nitrogens with one attached hydrogen (secondary N) is 2. The Balaban J connectivity index is 2.24. The molecule has 0 spiro atoms. The molecule has 0 aromatic heterocycles. The van der Waals surface area contributed by atoms with Crippen LogP contribution in [0.3, 0.4) is 0 Å². The number of rotatable bonds is 4. The average Bonchev–Trinajstić information content (AvgIpc) is 2.47. The van der Waals surface area contributed by atoms with Crippen LogP contribution in [0.2, 0.25) is 5.02 Å². The van der Waals surface area contributed by atoms with Crippen LogP contribution in [0.4, 0.5) is 0 Å². The van der Waals surface area contributed by atoms with Crippen LogP contribution in [-0.2, 0) is 10.0 Å². The molecule has 2 atom stereocenters. The van der Waals surface area contributed by atoms with Crippen LogP contribution < -0.4 is 10.0 Å². The summed E-state index contributed by atoms with van der Waals surface area (Å²) in [7, 11) is -3.81. The first-order chi connectivity index (χ1) is 11.5. The highest BCUT2D eigenvalue weighted by Crippen LogP contribution is 2.26. The molecule has 0 saturated heterocycles. The van der Waals surface area contributed by atoms with E-state index in [2.05, 4.69) is 17.0 Å². The van der Waals surface area contributed by atoms with Crippen molar-refractivity contribution in [3.63, 3.8) is 0 Å². The van der Waals surface area contributed by atoms with Gasteiger partial charge in [0.25, 0.3) is 5.91 Å². The van der Waals surface area contributed by atoms with Crippen molar-refractivity contribution in [1.29, 1.82) is 0 Å². The second kappa shape index (κ2) is 7.64. The van der Waals surface area contributed by atoms with Gasteiger partial charge in [0.2, 0.25) is 10.0 Å². The van der Waals surface area contributed by atoms with Crippen molar-refractivity contribution in [2.75, 3.05) is 0 Å². The highest BCUT2D eigenvalue weighted by atomic mass is 35.5. The van der Waals surface area contributed by atoms with E-state index in [0.717, 1.165) is 19.3 Å². The van der Waals surface area contributed by atoms with E-state index in [-0.39, 0.29) is 21.9 Å². The van der Waals surface area contributed by atoms with Gasteiger partial charge in [0, 0.05) is 17.1 Å². The number of benzene rings is 1. The first-order valence-corrected chi connectivity index (χ1v) is 10.5. The van der Waals surface area contributed by atoms with Crippen LogP contribution in [0.5, 0.6) is 0 Å². The van der Waals surface area contributed by atoms with Gasteiger partial charge in [-0.1, -0.05) is 31.4 Å². The lowest BCUT2D eigenvalue weighted by atomic mass is 9.86. The largest absolute Gasteiger partial charge is 0.349 e. The molecular weight excluding hydrogens is 360 g/mol. The minimum atomic E-state index is -3.81. The Bertz CT molecular complexity index is 741. The van der Waals surface area contributed by atoms with Crippen molar-refractivity contribution in [3.05, 3.63) is 28.8 Å². The fourth-order valence-electron chi connectivity index (χ4n) is 3.09. The highest BCUT2D eigenvalue weighted by Gasteiger charge is 2.27. The molecule has 1 saturated carbocycles. The van der Waals surface area contributed by atoms with E-state index in [0.29, 0.717) is 11.5 Å². The summed E-state index contributed by atoms with van der Waals surface area (Å²) >= 11 is 6.08. The van der Waals surface area contributed by atoms with Gasteiger partial charge in [-0.05, 0) is 57.7 Å². The molecule has 140 valence electrons. The molecule has 2 unspecified atom stereocenters. The van der Waals surface area contributed by atoms with Gasteiger partial charge in [0.15, 0.2) is 0 Å². The van der Waals surface area contributed by atoms with Gasteiger partial charge in [-0.3, -0.25) is 4.79 Å². The molecule has 7 heteroatoms. The molecule has 0 heterocycles. The third-order valence-electron chi connectivity index (χ3n) is 4.35. The highest BCUT2D eigenvalue weighted by molar-refractivity contribution is 7.89. The SMILES string of the molecule is CC1CCCCC1NC(=O)c1ccc(Cl)c(S(=O)(=O)NC(C)(C)C)c1. The normalized spacial score (nSPS) is 21.8. The van der Waals surface area contributed by atoms with Crippen LogP contribution >= 0.6 is 11.6 Å². The van der Waals surface area contributed by atoms with E-state index in [1.165, 1.54) is 18.6 Å². The fraction of sp³-hybridized carbons (Fsp3) is 0.611. The quantitative estimate of drug-likeness (QED) is 0.827. The second-order valence-electron chi connectivity index (χ2n) is 7.84. The van der Waals surface area contributed by atoms with Crippen LogP contribution in [0.25, 0.3) is 0 Å². The monoisotopic (exact) mass is 386 g/mol. The first kappa shape index (κ1) is 20.2. The molecule has 0 radical (unpaired) electrons. The lowest BCUT2D eigenvalue weighted by Gasteiger charge is -2.29. The molecule has 5 nitrogen and oxygen atoms in total. The number of sulfonamides is 1. The van der Waals surface area contributed by atoms with Crippen molar-refractivity contribution in [2.45, 2.75) is 69.9 Å². The van der Waals surface area contributed by atoms with Crippen molar-refractivity contribution >= 4 is 27.5 Å². The molecule has 25 heavy (non-hydrogen) atoms. The standard InChI is InChI=1S/C18H27ClN2O3S/c1-12-7-5-6-8-15(12)20-17(22)13-9-10-14(19)16(11-13)25(23,24)21-18(2,3)4/h9-12,15,21H,5-8H2,1-4H3,(H,20,22). The van der Waals surface area contributed by atoms with Crippen molar-refractivity contribution in [2.24, 2.45) is 5.92 Å². The minimum Gasteiger partial charge on any atom is -0.349 e. The zero-order valence-corrected chi connectivity index (χ0v) is 16.8. The van der Waals surface area contributed by atoms with Gasteiger partial charge in [-0.2, -0.15) is 0 Å². The van der Waals surface area contributed by atoms with E-state index in [1.807, 2.05) is 0 Å². The molecular formula is C18H27ClN2O3S. The minimum absolute atomic E-state index is 0.0755. The van der Waals surface area contributed by atoms with E-state index < -0.39 is 15.6 Å². The van der Waals surface area contributed by atoms with E-state index in [9.17, 15) is 13.2 Å². The number of carbonyl (C=O) groups excluding carboxylic acids is 1. The van der Waals surface area contributed by atoms with Crippen molar-refractivity contribution in [1.82, 2.24) is 10.0 Å². The Kier molecular flexibility index (Phi) is 6.17. The molecule has 2 rings (SSSR count). The van der Waals surface area contributed by atoms with Gasteiger partial charge in [0.1, 0.15) is 4.90 Å². The van der Waals surface area contributed by atoms with E-state index >= 15 is 0 Å². The molecule has 1 aliphatic rings. The van der Waals surface area contributed by atoms with E-state index in [1.54, 1.807) is 26.8 Å². The lowest BCUT2D eigenvalue weighted by Crippen LogP contribution is -2.41. The maximum Gasteiger partial charge on any atom is 0.251 e. The summed E-state index contributed by atoms with van der Waals surface area (Å²) in [6, 6.07) is 4.49. The summed E-state index contributed by atoms with van der Waals surface area (Å²) in [4.78, 5) is 12.5. The first-order valence-electron chi connectivity index (χ1n) is 8.64. The Morgan fingerprint density at radius 2 is 1.84 bits per heavy atom. The van der Waals surface area contributed by atoms with E-state index in [4.69, 9.17) is 11.6 Å². The molecule has 0 aliphatic heterocycles. The van der Waals surface area contributed by atoms with Gasteiger partial charge in [0.05, 0.1) is 5.02 Å². The van der Waals surface area contributed by atoms with Crippen molar-refractivity contribution < 1.29 is 13.2 Å². The van der Waals surface area contributed by atoms with Crippen LogP contribution in [0.1, 0.15) is 63.7 Å². The predicted octanol–water partition coefficient (Wildman–Crippen LogP) is 3.73. The predicted molar refractivity (Wildman–Crippen MR) is 100 cm³/mol. The Morgan fingerprint density at radius 3 is 2.44 bits per heavy atom. The molecule has 1 amide bonds. The molecule has 0 bridgehead atoms. The maximum absolute atomic E-state index is 12.6. The summed E-state index contributed by atoms with van der Waals surface area (Å²) in [5.74, 6) is 0.165. The Hall–Kier alpha value is -1.11. The van der Waals surface area contributed by atoms with Crippen LogP contribution in [-0.4, -0.2) is 25.9 Å². The summed E-state index contributed by atoms with van der Waals surface area (Å²) in [5, 5.41) is 3.13. The smallest absolute Gasteiger partial charge is 0.251 e. The summed E-state index contributed by atoms with van der Waals surface area (Å²) in [5.41, 5.74) is -0.339. The summed E-state index contributed by atoms with van der Waals surface area (Å²) in [6.07, 6.45) is 4.35. The van der Waals surface area contributed by atoms with Crippen LogP contribution in [0.15, 0.2) is 23.1 Å². The zero-order chi connectivity index (χ0) is 18.8.